The van der Waals surface area contributed by atoms with E-state index >= 15 is 0 Å². The van der Waals surface area contributed by atoms with Crippen LogP contribution in [-0.2, 0) is 14.3 Å². The molecule has 2 rings (SSSR count). The first-order chi connectivity index (χ1) is 12.5. The van der Waals surface area contributed by atoms with Crippen LogP contribution in [0.3, 0.4) is 0 Å². The minimum Gasteiger partial charge on any atom is -0.469 e. The lowest BCUT2D eigenvalue weighted by Gasteiger charge is -2.30. The van der Waals surface area contributed by atoms with Crippen LogP contribution in [0.15, 0.2) is 24.3 Å². The van der Waals surface area contributed by atoms with Gasteiger partial charge in [-0.3, -0.25) is 4.79 Å². The smallest absolute Gasteiger partial charge is 0.308 e. The maximum absolute atomic E-state index is 11.3. The van der Waals surface area contributed by atoms with Crippen LogP contribution in [0.25, 0.3) is 6.08 Å². The molecule has 1 aromatic carbocycles. The normalized spacial score (nSPS) is 21.1. The van der Waals surface area contributed by atoms with Crippen molar-refractivity contribution in [2.45, 2.75) is 50.7 Å². The van der Waals surface area contributed by atoms with E-state index in [2.05, 4.69) is 42.0 Å². The highest BCUT2D eigenvalue weighted by molar-refractivity contribution is 5.69. The first kappa shape index (κ1) is 20.6. The molecule has 4 atom stereocenters. The zero-order valence-corrected chi connectivity index (χ0v) is 15.9. The number of aryl methyl sites for hydroxylation is 1. The third kappa shape index (κ3) is 5.40. The molecule has 0 radical (unpaired) electrons. The Balaban J connectivity index is 2.01. The highest BCUT2D eigenvalue weighted by atomic mass is 16.5. The number of hydrogen-bond acceptors (Lipinski definition) is 5. The molecular weight excluding hydrogens is 332 g/mol. The summed E-state index contributed by atoms with van der Waals surface area (Å²) in [6, 6.07) is 6.42. The number of hydrogen-bond donors (Lipinski definition) is 2. The Hall–Kier alpha value is -1.69. The zero-order valence-electron chi connectivity index (χ0n) is 15.9. The van der Waals surface area contributed by atoms with Crippen LogP contribution in [0.2, 0.25) is 0 Å². The first-order valence-corrected chi connectivity index (χ1v) is 9.15. The molecule has 1 aromatic rings. The van der Waals surface area contributed by atoms with Gasteiger partial charge in [0.15, 0.2) is 0 Å². The van der Waals surface area contributed by atoms with E-state index in [-0.39, 0.29) is 31.0 Å². The van der Waals surface area contributed by atoms with Gasteiger partial charge in [-0.25, -0.2) is 0 Å². The van der Waals surface area contributed by atoms with Crippen molar-refractivity contribution >= 4 is 12.0 Å². The Morgan fingerprint density at radius 1 is 1.31 bits per heavy atom. The molecule has 1 aliphatic rings. The molecule has 144 valence electrons. The number of fused-ring (bicyclic) bond motifs is 1. The maximum atomic E-state index is 11.3. The quantitative estimate of drug-likeness (QED) is 0.661. The monoisotopic (exact) mass is 362 g/mol. The van der Waals surface area contributed by atoms with Gasteiger partial charge in [0.1, 0.15) is 0 Å². The summed E-state index contributed by atoms with van der Waals surface area (Å²) in [6.07, 6.45) is 5.21. The second-order valence-corrected chi connectivity index (χ2v) is 7.05. The van der Waals surface area contributed by atoms with Crippen molar-refractivity contribution in [2.75, 3.05) is 20.8 Å². The fourth-order valence-electron chi connectivity index (χ4n) is 3.69. The number of esters is 1. The summed E-state index contributed by atoms with van der Waals surface area (Å²) in [5.41, 5.74) is 3.68. The number of benzene rings is 1. The standard InChI is InChI=1S/C21H30O5/c1-14-4-8-19-15(10-14)5-6-16(13-22)20(19)9-7-18(25-2)11-17(23)12-21(24)26-3/h4-6,8,10,16-18,20,22-23H,7,9,11-13H2,1-3H3. The average molecular weight is 362 g/mol. The largest absolute Gasteiger partial charge is 0.469 e. The minimum absolute atomic E-state index is 0.0239. The summed E-state index contributed by atoms with van der Waals surface area (Å²) in [5, 5.41) is 19.8. The van der Waals surface area contributed by atoms with Crippen LogP contribution in [0.5, 0.6) is 0 Å². The molecule has 0 saturated heterocycles. The number of methoxy groups -OCH3 is 2. The van der Waals surface area contributed by atoms with E-state index in [9.17, 15) is 15.0 Å². The molecule has 4 unspecified atom stereocenters. The van der Waals surface area contributed by atoms with Gasteiger partial charge in [0, 0.05) is 26.1 Å². The summed E-state index contributed by atoms with van der Waals surface area (Å²) in [5.74, 6) is -0.117. The van der Waals surface area contributed by atoms with Crippen molar-refractivity contribution in [2.24, 2.45) is 5.92 Å². The lowest BCUT2D eigenvalue weighted by atomic mass is 9.76. The van der Waals surface area contributed by atoms with Gasteiger partial charge >= 0.3 is 5.97 Å². The molecule has 2 N–H and O–H groups in total. The van der Waals surface area contributed by atoms with Crippen molar-refractivity contribution < 1.29 is 24.5 Å². The highest BCUT2D eigenvalue weighted by Crippen LogP contribution is 2.38. The minimum atomic E-state index is -0.776. The summed E-state index contributed by atoms with van der Waals surface area (Å²) in [6.45, 7) is 2.18. The second kappa shape index (κ2) is 9.86. The Kier molecular flexibility index (Phi) is 7.82. The molecule has 1 aliphatic carbocycles. The number of ether oxygens (including phenoxy) is 2. The van der Waals surface area contributed by atoms with Crippen molar-refractivity contribution in [3.8, 4) is 0 Å². The molecule has 0 fully saturated rings. The number of carbonyl (C=O) groups excluding carboxylic acids is 1. The fourth-order valence-corrected chi connectivity index (χ4v) is 3.69. The van der Waals surface area contributed by atoms with E-state index in [1.807, 2.05) is 0 Å². The molecule has 0 aromatic heterocycles. The van der Waals surface area contributed by atoms with Crippen molar-refractivity contribution in [1.29, 1.82) is 0 Å². The number of rotatable bonds is 9. The van der Waals surface area contributed by atoms with Gasteiger partial charge in [-0.1, -0.05) is 35.9 Å². The third-order valence-electron chi connectivity index (χ3n) is 5.19. The van der Waals surface area contributed by atoms with E-state index in [0.717, 1.165) is 12.8 Å². The lowest BCUT2D eigenvalue weighted by Crippen LogP contribution is -2.25. The van der Waals surface area contributed by atoms with Crippen LogP contribution in [0, 0.1) is 12.8 Å². The average Bonchev–Trinajstić information content (AvgIpc) is 2.64. The molecule has 0 amide bonds. The molecule has 26 heavy (non-hydrogen) atoms. The zero-order chi connectivity index (χ0) is 19.1. The van der Waals surface area contributed by atoms with Crippen LogP contribution in [-0.4, -0.2) is 49.2 Å². The number of aliphatic hydroxyl groups excluding tert-OH is 2. The number of carbonyl (C=O) groups is 1. The third-order valence-corrected chi connectivity index (χ3v) is 5.19. The lowest BCUT2D eigenvalue weighted by molar-refractivity contribution is -0.143. The molecule has 0 spiro atoms. The molecule has 5 nitrogen and oxygen atoms in total. The highest BCUT2D eigenvalue weighted by Gasteiger charge is 2.27. The predicted molar refractivity (Wildman–Crippen MR) is 101 cm³/mol. The van der Waals surface area contributed by atoms with Gasteiger partial charge in [-0.05, 0) is 36.8 Å². The summed E-state index contributed by atoms with van der Waals surface area (Å²) in [7, 11) is 2.94. The second-order valence-electron chi connectivity index (χ2n) is 7.05. The summed E-state index contributed by atoms with van der Waals surface area (Å²) < 4.78 is 10.1. The van der Waals surface area contributed by atoms with E-state index < -0.39 is 12.1 Å². The molecule has 0 bridgehead atoms. The van der Waals surface area contributed by atoms with Crippen molar-refractivity contribution in [3.05, 3.63) is 41.0 Å². The predicted octanol–water partition coefficient (Wildman–Crippen LogP) is 2.82. The first-order valence-electron chi connectivity index (χ1n) is 9.15. The van der Waals surface area contributed by atoms with Crippen LogP contribution >= 0.6 is 0 Å². The molecule has 0 saturated carbocycles. The summed E-state index contributed by atoms with van der Waals surface area (Å²) >= 11 is 0. The Labute approximate surface area is 155 Å². The molecule has 5 heteroatoms. The SMILES string of the molecule is COC(=O)CC(O)CC(CCC1c2ccc(C)cc2C=CC1CO)OC. The molecule has 0 heterocycles. The number of aliphatic hydroxyl groups is 2. The summed E-state index contributed by atoms with van der Waals surface area (Å²) in [4.78, 5) is 11.3. The van der Waals surface area contributed by atoms with Crippen molar-refractivity contribution in [3.63, 3.8) is 0 Å². The fraction of sp³-hybridized carbons (Fsp3) is 0.571. The van der Waals surface area contributed by atoms with Gasteiger partial charge in [0.05, 0.1) is 25.7 Å². The maximum Gasteiger partial charge on any atom is 0.308 e. The van der Waals surface area contributed by atoms with Gasteiger partial charge < -0.3 is 19.7 Å². The molecule has 0 aliphatic heterocycles. The van der Waals surface area contributed by atoms with E-state index in [4.69, 9.17) is 4.74 Å². The van der Waals surface area contributed by atoms with Crippen LogP contribution in [0.4, 0.5) is 0 Å². The topological polar surface area (TPSA) is 76.0 Å². The van der Waals surface area contributed by atoms with Crippen LogP contribution < -0.4 is 0 Å². The van der Waals surface area contributed by atoms with Gasteiger partial charge in [0.25, 0.3) is 0 Å². The van der Waals surface area contributed by atoms with Gasteiger partial charge in [-0.15, -0.1) is 0 Å². The Morgan fingerprint density at radius 3 is 2.73 bits per heavy atom. The van der Waals surface area contributed by atoms with Crippen molar-refractivity contribution in [1.82, 2.24) is 0 Å². The van der Waals surface area contributed by atoms with E-state index in [0.29, 0.717) is 6.42 Å². The molecular formula is C21H30O5. The Morgan fingerprint density at radius 2 is 2.08 bits per heavy atom. The Bertz CT molecular complexity index is 625. The van der Waals surface area contributed by atoms with Crippen LogP contribution in [0.1, 0.15) is 48.3 Å². The van der Waals surface area contributed by atoms with Gasteiger partial charge in [-0.2, -0.15) is 0 Å². The van der Waals surface area contributed by atoms with Gasteiger partial charge in [0.2, 0.25) is 0 Å². The van der Waals surface area contributed by atoms with E-state index in [1.165, 1.54) is 23.8 Å². The van der Waals surface area contributed by atoms with E-state index in [1.54, 1.807) is 7.11 Å².